The van der Waals surface area contributed by atoms with Crippen molar-refractivity contribution in [2.75, 3.05) is 13.2 Å². The molecule has 0 spiro atoms. The van der Waals surface area contributed by atoms with E-state index in [9.17, 15) is 4.79 Å². The normalized spacial score (nSPS) is 16.1. The van der Waals surface area contributed by atoms with E-state index in [-0.39, 0.29) is 5.91 Å². The number of hydroxylamine groups is 2. The number of hydrogen-bond donors (Lipinski definition) is 0. The van der Waals surface area contributed by atoms with E-state index < -0.39 is 0 Å². The Kier molecular flexibility index (Phi) is 3.88. The lowest BCUT2D eigenvalue weighted by atomic mass is 10.1. The van der Waals surface area contributed by atoms with E-state index in [4.69, 9.17) is 4.84 Å². The molecule has 2 heterocycles. The summed E-state index contributed by atoms with van der Waals surface area (Å²) in [6, 6.07) is 3.87. The Labute approximate surface area is 95.2 Å². The lowest BCUT2D eigenvalue weighted by Gasteiger charge is -2.25. The molecule has 0 radical (unpaired) electrons. The van der Waals surface area contributed by atoms with Crippen LogP contribution in [0.2, 0.25) is 0 Å². The molecule has 86 valence electrons. The predicted octanol–water partition coefficient (Wildman–Crippen LogP) is 1.57. The number of rotatable bonds is 3. The molecule has 1 aliphatic rings. The summed E-state index contributed by atoms with van der Waals surface area (Å²) in [6.07, 6.45) is 6.84. The van der Waals surface area contributed by atoms with E-state index in [0.717, 1.165) is 31.4 Å². The summed E-state index contributed by atoms with van der Waals surface area (Å²) in [5.41, 5.74) is 1.09. The van der Waals surface area contributed by atoms with Crippen LogP contribution >= 0.6 is 0 Å². The van der Waals surface area contributed by atoms with Gasteiger partial charge in [0.15, 0.2) is 0 Å². The van der Waals surface area contributed by atoms with Crippen LogP contribution < -0.4 is 0 Å². The smallest absolute Gasteiger partial charge is 0.246 e. The quantitative estimate of drug-likeness (QED) is 0.776. The van der Waals surface area contributed by atoms with Crippen molar-refractivity contribution in [2.45, 2.75) is 25.7 Å². The summed E-state index contributed by atoms with van der Waals surface area (Å²) in [6.45, 7) is 1.39. The first-order valence-electron chi connectivity index (χ1n) is 5.68. The number of pyridine rings is 1. The van der Waals surface area contributed by atoms with Gasteiger partial charge >= 0.3 is 0 Å². The third-order valence-electron chi connectivity index (χ3n) is 2.63. The highest BCUT2D eigenvalue weighted by atomic mass is 16.7. The molecule has 0 atom stereocenters. The fraction of sp³-hybridized carbons (Fsp3) is 0.500. The summed E-state index contributed by atoms with van der Waals surface area (Å²) in [5, 5.41) is 1.50. The molecule has 1 aromatic heterocycles. The van der Waals surface area contributed by atoms with Crippen molar-refractivity contribution >= 4 is 5.91 Å². The van der Waals surface area contributed by atoms with Gasteiger partial charge in [-0.3, -0.25) is 14.6 Å². The van der Waals surface area contributed by atoms with Crippen LogP contribution in [0.25, 0.3) is 0 Å². The highest BCUT2D eigenvalue weighted by Gasteiger charge is 2.17. The molecule has 0 aliphatic carbocycles. The van der Waals surface area contributed by atoms with E-state index in [0.29, 0.717) is 13.0 Å². The molecule has 1 aromatic rings. The Morgan fingerprint density at radius 3 is 3.12 bits per heavy atom. The average Bonchev–Trinajstić information content (AvgIpc) is 2.38. The number of carbonyl (C=O) groups excluding carboxylic acids is 1. The second-order valence-electron chi connectivity index (χ2n) is 3.90. The van der Waals surface area contributed by atoms with E-state index in [1.54, 1.807) is 12.4 Å². The van der Waals surface area contributed by atoms with Crippen LogP contribution in [0.5, 0.6) is 0 Å². The molecular formula is C12H16N2O2. The van der Waals surface area contributed by atoms with Crippen LogP contribution in [0.4, 0.5) is 0 Å². The molecule has 4 heteroatoms. The fourth-order valence-electron chi connectivity index (χ4n) is 1.72. The topological polar surface area (TPSA) is 42.4 Å². The van der Waals surface area contributed by atoms with Gasteiger partial charge in [-0.2, -0.15) is 0 Å². The van der Waals surface area contributed by atoms with Crippen molar-refractivity contribution in [3.8, 4) is 0 Å². The molecule has 4 nitrogen and oxygen atoms in total. The fourth-order valence-corrected chi connectivity index (χ4v) is 1.72. The van der Waals surface area contributed by atoms with Crippen molar-refractivity contribution < 1.29 is 9.63 Å². The van der Waals surface area contributed by atoms with Gasteiger partial charge in [0.05, 0.1) is 6.61 Å². The van der Waals surface area contributed by atoms with Crippen molar-refractivity contribution in [1.82, 2.24) is 10.0 Å². The summed E-state index contributed by atoms with van der Waals surface area (Å²) in [7, 11) is 0. The van der Waals surface area contributed by atoms with Crippen LogP contribution in [0.1, 0.15) is 24.8 Å². The standard InChI is InChI=1S/C12H16N2O2/c15-12(14-8-1-2-9-16-14)6-5-11-4-3-7-13-10-11/h3-4,7,10H,1-2,5-6,8-9H2. The number of amides is 1. The lowest BCUT2D eigenvalue weighted by molar-refractivity contribution is -0.197. The van der Waals surface area contributed by atoms with Gasteiger partial charge in [0, 0.05) is 25.4 Å². The van der Waals surface area contributed by atoms with E-state index >= 15 is 0 Å². The van der Waals surface area contributed by atoms with E-state index in [1.807, 2.05) is 12.1 Å². The Hall–Kier alpha value is -1.42. The summed E-state index contributed by atoms with van der Waals surface area (Å²) >= 11 is 0. The number of carbonyl (C=O) groups is 1. The maximum Gasteiger partial charge on any atom is 0.246 e. The van der Waals surface area contributed by atoms with Gasteiger partial charge in [0.1, 0.15) is 0 Å². The zero-order chi connectivity index (χ0) is 11.2. The van der Waals surface area contributed by atoms with Gasteiger partial charge in [0.2, 0.25) is 5.91 Å². The van der Waals surface area contributed by atoms with Gasteiger partial charge in [0.25, 0.3) is 0 Å². The molecule has 0 bridgehead atoms. The number of aryl methyl sites for hydroxylation is 1. The first kappa shape index (κ1) is 11.1. The highest BCUT2D eigenvalue weighted by Crippen LogP contribution is 2.09. The maximum absolute atomic E-state index is 11.8. The van der Waals surface area contributed by atoms with Crippen LogP contribution in [0.15, 0.2) is 24.5 Å². The summed E-state index contributed by atoms with van der Waals surface area (Å²) in [5.74, 6) is 0.0727. The zero-order valence-electron chi connectivity index (χ0n) is 9.26. The molecule has 2 rings (SSSR count). The number of hydrogen-bond acceptors (Lipinski definition) is 3. The first-order valence-corrected chi connectivity index (χ1v) is 5.68. The van der Waals surface area contributed by atoms with E-state index in [1.165, 1.54) is 5.06 Å². The largest absolute Gasteiger partial charge is 0.273 e. The molecule has 1 fully saturated rings. The van der Waals surface area contributed by atoms with Gasteiger partial charge in [-0.1, -0.05) is 6.07 Å². The van der Waals surface area contributed by atoms with Gasteiger partial charge < -0.3 is 0 Å². The predicted molar refractivity (Wildman–Crippen MR) is 59.5 cm³/mol. The van der Waals surface area contributed by atoms with Crippen molar-refractivity contribution in [3.05, 3.63) is 30.1 Å². The molecule has 1 aliphatic heterocycles. The Balaban J connectivity index is 1.79. The van der Waals surface area contributed by atoms with Crippen LogP contribution in [-0.2, 0) is 16.1 Å². The van der Waals surface area contributed by atoms with Crippen molar-refractivity contribution in [1.29, 1.82) is 0 Å². The van der Waals surface area contributed by atoms with Crippen molar-refractivity contribution in [3.63, 3.8) is 0 Å². The average molecular weight is 220 g/mol. The summed E-state index contributed by atoms with van der Waals surface area (Å²) in [4.78, 5) is 21.1. The molecule has 1 amide bonds. The Morgan fingerprint density at radius 1 is 1.50 bits per heavy atom. The third kappa shape index (κ3) is 3.03. The Bertz CT molecular complexity index is 334. The van der Waals surface area contributed by atoms with Gasteiger partial charge in [-0.15, -0.1) is 0 Å². The van der Waals surface area contributed by atoms with Crippen LogP contribution in [0, 0.1) is 0 Å². The maximum atomic E-state index is 11.8. The minimum atomic E-state index is 0.0727. The highest BCUT2D eigenvalue weighted by molar-refractivity contribution is 5.75. The first-order chi connectivity index (χ1) is 7.86. The monoisotopic (exact) mass is 220 g/mol. The second-order valence-corrected chi connectivity index (χ2v) is 3.90. The van der Waals surface area contributed by atoms with Crippen LogP contribution in [0.3, 0.4) is 0 Å². The minimum Gasteiger partial charge on any atom is -0.273 e. The minimum absolute atomic E-state index is 0.0727. The Morgan fingerprint density at radius 2 is 2.44 bits per heavy atom. The van der Waals surface area contributed by atoms with E-state index in [2.05, 4.69) is 4.98 Å². The van der Waals surface area contributed by atoms with Crippen LogP contribution in [-0.4, -0.2) is 29.1 Å². The number of nitrogens with zero attached hydrogens (tertiary/aromatic N) is 2. The van der Waals surface area contributed by atoms with Gasteiger partial charge in [-0.25, -0.2) is 5.06 Å². The summed E-state index contributed by atoms with van der Waals surface area (Å²) < 4.78 is 0. The lowest BCUT2D eigenvalue weighted by Crippen LogP contribution is -2.35. The molecule has 1 saturated heterocycles. The van der Waals surface area contributed by atoms with Crippen molar-refractivity contribution in [2.24, 2.45) is 0 Å². The molecular weight excluding hydrogens is 204 g/mol. The van der Waals surface area contributed by atoms with Gasteiger partial charge in [-0.05, 0) is 30.9 Å². The molecule has 0 saturated carbocycles. The molecule has 0 aromatic carbocycles. The third-order valence-corrected chi connectivity index (χ3v) is 2.63. The second kappa shape index (κ2) is 5.61. The zero-order valence-corrected chi connectivity index (χ0v) is 9.26. The molecule has 16 heavy (non-hydrogen) atoms. The number of aromatic nitrogens is 1. The molecule has 0 unspecified atom stereocenters. The molecule has 0 N–H and O–H groups in total. The SMILES string of the molecule is O=C(CCc1cccnc1)N1CCCCO1.